The van der Waals surface area contributed by atoms with Gasteiger partial charge in [-0.2, -0.15) is 0 Å². The Bertz CT molecular complexity index is 1020. The summed E-state index contributed by atoms with van der Waals surface area (Å²) in [5, 5.41) is 2.35. The van der Waals surface area contributed by atoms with Gasteiger partial charge in [0, 0.05) is 28.7 Å². The zero-order chi connectivity index (χ0) is 21.1. The van der Waals surface area contributed by atoms with E-state index in [-0.39, 0.29) is 24.5 Å². The third-order valence-corrected chi connectivity index (χ3v) is 6.38. The first-order chi connectivity index (χ1) is 14.5. The highest BCUT2D eigenvalue weighted by molar-refractivity contribution is 7.10. The van der Waals surface area contributed by atoms with Crippen LogP contribution in [0.4, 0.5) is 5.69 Å². The van der Waals surface area contributed by atoms with Crippen LogP contribution >= 0.6 is 22.9 Å². The minimum Gasteiger partial charge on any atom is -0.460 e. The summed E-state index contributed by atoms with van der Waals surface area (Å²) in [4.78, 5) is 32.7. The van der Waals surface area contributed by atoms with Crippen LogP contribution in [-0.2, 0) is 20.9 Å². The molecule has 0 radical (unpaired) electrons. The lowest BCUT2D eigenvalue weighted by molar-refractivity contribution is -0.152. The Morgan fingerprint density at radius 1 is 1.23 bits per heavy atom. The molecular weight excluding hydrogens is 420 g/mol. The van der Waals surface area contributed by atoms with E-state index in [9.17, 15) is 9.59 Å². The summed E-state index contributed by atoms with van der Waals surface area (Å²) in [6.45, 7) is 2.12. The number of hydrogen-bond donors (Lipinski definition) is 0. The van der Waals surface area contributed by atoms with Crippen molar-refractivity contribution in [1.82, 2.24) is 4.98 Å². The van der Waals surface area contributed by atoms with Crippen LogP contribution in [0.15, 0.2) is 60.1 Å². The number of halogens is 1. The molecule has 1 aromatic carbocycles. The first-order valence-corrected chi connectivity index (χ1v) is 11.0. The molecule has 1 fully saturated rings. The second-order valence-electron chi connectivity index (χ2n) is 7.30. The van der Waals surface area contributed by atoms with Crippen molar-refractivity contribution >= 4 is 40.5 Å². The van der Waals surface area contributed by atoms with Gasteiger partial charge in [-0.1, -0.05) is 41.4 Å². The standard InChI is InChI=1S/C23H21ClN2O3S/c1-15-4-7-17(8-5-15)26-21(27)11-9-18(22(26)19-3-2-12-30-19)23(28)29-14-16-6-10-20(24)25-13-16/h2-8,10,12-13,18,22H,9,11,14H2,1H3/t18-,22+/m1/s1. The highest BCUT2D eigenvalue weighted by Gasteiger charge is 2.42. The Labute approximate surface area is 184 Å². The van der Waals surface area contributed by atoms with Gasteiger partial charge in [0.05, 0.1) is 12.0 Å². The molecule has 3 aromatic rings. The van der Waals surface area contributed by atoms with Crippen LogP contribution in [0.3, 0.4) is 0 Å². The molecule has 0 aliphatic carbocycles. The van der Waals surface area contributed by atoms with E-state index in [4.69, 9.17) is 16.3 Å². The lowest BCUT2D eigenvalue weighted by atomic mass is 9.87. The number of ether oxygens (including phenoxy) is 1. The summed E-state index contributed by atoms with van der Waals surface area (Å²) in [6.07, 6.45) is 2.36. The number of esters is 1. The molecule has 30 heavy (non-hydrogen) atoms. The van der Waals surface area contributed by atoms with Crippen molar-refractivity contribution in [3.63, 3.8) is 0 Å². The average Bonchev–Trinajstić information content (AvgIpc) is 3.28. The molecule has 0 saturated carbocycles. The normalized spacial score (nSPS) is 19.0. The minimum atomic E-state index is -0.442. The van der Waals surface area contributed by atoms with E-state index in [0.717, 1.165) is 21.7 Å². The van der Waals surface area contributed by atoms with Gasteiger partial charge in [0.1, 0.15) is 11.8 Å². The monoisotopic (exact) mass is 440 g/mol. The zero-order valence-corrected chi connectivity index (χ0v) is 18.0. The number of anilines is 1. The summed E-state index contributed by atoms with van der Waals surface area (Å²) in [5.41, 5.74) is 2.68. The Hall–Kier alpha value is -2.70. The third-order valence-electron chi connectivity index (χ3n) is 5.22. The summed E-state index contributed by atoms with van der Waals surface area (Å²) >= 11 is 7.36. The molecule has 1 saturated heterocycles. The number of aromatic nitrogens is 1. The SMILES string of the molecule is Cc1ccc(N2C(=O)CC[C@@H](C(=O)OCc3ccc(Cl)nc3)[C@H]2c2cccs2)cc1. The zero-order valence-electron chi connectivity index (χ0n) is 16.5. The average molecular weight is 441 g/mol. The van der Waals surface area contributed by atoms with Gasteiger partial charge in [-0.05, 0) is 43.0 Å². The molecule has 0 unspecified atom stereocenters. The molecule has 0 bridgehead atoms. The van der Waals surface area contributed by atoms with Crippen LogP contribution in [0.1, 0.15) is 34.9 Å². The maximum Gasteiger partial charge on any atom is 0.311 e. The summed E-state index contributed by atoms with van der Waals surface area (Å²) in [6, 6.07) is 14.8. The molecule has 3 heterocycles. The lowest BCUT2D eigenvalue weighted by Gasteiger charge is -2.39. The van der Waals surface area contributed by atoms with Crippen LogP contribution in [0.25, 0.3) is 0 Å². The Kier molecular flexibility index (Phi) is 6.16. The lowest BCUT2D eigenvalue weighted by Crippen LogP contribution is -2.45. The van der Waals surface area contributed by atoms with Crippen LogP contribution in [0.5, 0.6) is 0 Å². The van der Waals surface area contributed by atoms with Gasteiger partial charge in [-0.15, -0.1) is 11.3 Å². The number of carbonyl (C=O) groups excluding carboxylic acids is 2. The molecule has 7 heteroatoms. The molecule has 5 nitrogen and oxygen atoms in total. The number of aryl methyl sites for hydroxylation is 1. The molecule has 0 spiro atoms. The van der Waals surface area contributed by atoms with Crippen molar-refractivity contribution < 1.29 is 14.3 Å². The number of amides is 1. The molecule has 2 aromatic heterocycles. The highest BCUT2D eigenvalue weighted by Crippen LogP contribution is 2.42. The number of pyridine rings is 1. The minimum absolute atomic E-state index is 0.0169. The molecular formula is C23H21ClN2O3S. The fourth-order valence-electron chi connectivity index (χ4n) is 3.69. The smallest absolute Gasteiger partial charge is 0.311 e. The van der Waals surface area contributed by atoms with E-state index in [0.29, 0.717) is 18.0 Å². The molecule has 4 rings (SSSR count). The Balaban J connectivity index is 1.60. The largest absolute Gasteiger partial charge is 0.460 e. The van der Waals surface area contributed by atoms with Gasteiger partial charge in [0.15, 0.2) is 0 Å². The molecule has 2 atom stereocenters. The van der Waals surface area contributed by atoms with Crippen LogP contribution in [0, 0.1) is 12.8 Å². The van der Waals surface area contributed by atoms with E-state index in [1.807, 2.05) is 48.7 Å². The van der Waals surface area contributed by atoms with Crippen molar-refractivity contribution in [2.24, 2.45) is 5.92 Å². The van der Waals surface area contributed by atoms with Gasteiger partial charge in [0.25, 0.3) is 0 Å². The summed E-state index contributed by atoms with van der Waals surface area (Å²) in [7, 11) is 0. The number of hydrogen-bond acceptors (Lipinski definition) is 5. The number of carbonyl (C=O) groups is 2. The molecule has 154 valence electrons. The van der Waals surface area contributed by atoms with Crippen LogP contribution < -0.4 is 4.90 Å². The van der Waals surface area contributed by atoms with Crippen LogP contribution in [0.2, 0.25) is 5.15 Å². The summed E-state index contributed by atoms with van der Waals surface area (Å²) in [5.74, 6) is -0.737. The van der Waals surface area contributed by atoms with Gasteiger partial charge in [-0.3, -0.25) is 9.59 Å². The number of benzene rings is 1. The van der Waals surface area contributed by atoms with Gasteiger partial charge < -0.3 is 9.64 Å². The first-order valence-electron chi connectivity index (χ1n) is 9.72. The van der Waals surface area contributed by atoms with E-state index >= 15 is 0 Å². The first kappa shape index (κ1) is 20.6. The maximum absolute atomic E-state index is 13.1. The van der Waals surface area contributed by atoms with E-state index in [1.165, 1.54) is 0 Å². The predicted octanol–water partition coefficient (Wildman–Crippen LogP) is 5.33. The predicted molar refractivity (Wildman–Crippen MR) is 117 cm³/mol. The Morgan fingerprint density at radius 3 is 2.70 bits per heavy atom. The van der Waals surface area contributed by atoms with Crippen molar-refractivity contribution in [3.05, 3.63) is 81.3 Å². The highest BCUT2D eigenvalue weighted by atomic mass is 35.5. The third kappa shape index (κ3) is 4.40. The number of thiophene rings is 1. The quantitative estimate of drug-likeness (QED) is 0.397. The number of rotatable bonds is 5. The number of piperidine rings is 1. The second-order valence-corrected chi connectivity index (χ2v) is 8.67. The topological polar surface area (TPSA) is 59.5 Å². The van der Waals surface area contributed by atoms with Crippen LogP contribution in [-0.4, -0.2) is 16.9 Å². The van der Waals surface area contributed by atoms with Gasteiger partial charge >= 0.3 is 5.97 Å². The van der Waals surface area contributed by atoms with Crippen molar-refractivity contribution in [2.75, 3.05) is 4.90 Å². The van der Waals surface area contributed by atoms with Gasteiger partial charge in [0.2, 0.25) is 5.91 Å². The van der Waals surface area contributed by atoms with E-state index in [1.54, 1.807) is 34.6 Å². The second kappa shape index (κ2) is 8.98. The molecule has 1 aliphatic heterocycles. The molecule has 0 N–H and O–H groups in total. The fourth-order valence-corrected chi connectivity index (χ4v) is 4.68. The maximum atomic E-state index is 13.1. The van der Waals surface area contributed by atoms with E-state index < -0.39 is 5.92 Å². The van der Waals surface area contributed by atoms with Crippen molar-refractivity contribution in [2.45, 2.75) is 32.4 Å². The number of nitrogens with zero attached hydrogens (tertiary/aromatic N) is 2. The summed E-state index contributed by atoms with van der Waals surface area (Å²) < 4.78 is 5.62. The fraction of sp³-hybridized carbons (Fsp3) is 0.261. The van der Waals surface area contributed by atoms with Crippen molar-refractivity contribution in [1.29, 1.82) is 0 Å². The molecule has 1 aliphatic rings. The van der Waals surface area contributed by atoms with Crippen molar-refractivity contribution in [3.8, 4) is 0 Å². The molecule has 1 amide bonds. The Morgan fingerprint density at radius 2 is 2.03 bits per heavy atom. The van der Waals surface area contributed by atoms with E-state index in [2.05, 4.69) is 4.98 Å². The van der Waals surface area contributed by atoms with Gasteiger partial charge in [-0.25, -0.2) is 4.98 Å².